The minimum Gasteiger partial charge on any atom is -0.381 e. The number of hydrogen-bond acceptors (Lipinski definition) is 1. The molecule has 0 heterocycles. The van der Waals surface area contributed by atoms with Crippen molar-refractivity contribution in [2.24, 2.45) is 11.8 Å². The van der Waals surface area contributed by atoms with E-state index in [0.29, 0.717) is 0 Å². The standard InChI is InChI=1S/C100H202O/c1-5-9-13-17-21-25-29-33-43-51-59-67-75-83-91-99(92-84-76-68-60-52-44-34-30-26-22-18-14-10-6-2)95-87-79-71-63-55-47-39-37-41-49-57-65-73-81-89-97-101-98-90-82-74-66-58-50-42-38-40-48-56-64-72-80-88-96-100(93-85-77-69-61-53-45-35-31-27-23-19-15-11-7-3)94-86-78-70-62-54-46-36-32-28-24-20-16-12-8-4/h99-100H,5-98H2,1-4H3. The van der Waals surface area contributed by atoms with E-state index in [9.17, 15) is 0 Å². The average Bonchev–Trinajstić information content (AvgIpc) is 3.85. The van der Waals surface area contributed by atoms with Crippen molar-refractivity contribution < 1.29 is 4.74 Å². The Morgan fingerprint density at radius 2 is 0.198 bits per heavy atom. The van der Waals surface area contributed by atoms with Crippen LogP contribution in [0.5, 0.6) is 0 Å². The zero-order valence-electron chi connectivity index (χ0n) is 72.0. The fraction of sp³-hybridized carbons (Fsp3) is 1.00. The van der Waals surface area contributed by atoms with Crippen molar-refractivity contribution in [1.82, 2.24) is 0 Å². The van der Waals surface area contributed by atoms with E-state index in [2.05, 4.69) is 27.7 Å². The van der Waals surface area contributed by atoms with E-state index in [1.165, 1.54) is 591 Å². The minimum atomic E-state index is 0.999. The van der Waals surface area contributed by atoms with E-state index >= 15 is 0 Å². The number of rotatable bonds is 96. The molecule has 0 saturated heterocycles. The molecule has 0 aliphatic heterocycles. The third-order valence-electron chi connectivity index (χ3n) is 24.7. The molecule has 0 N–H and O–H groups in total. The molecule has 0 aromatic heterocycles. The third kappa shape index (κ3) is 92.3. The van der Waals surface area contributed by atoms with E-state index in [1.54, 1.807) is 0 Å². The Labute approximate surface area is 644 Å². The molecule has 0 spiro atoms. The van der Waals surface area contributed by atoms with Crippen LogP contribution in [0.3, 0.4) is 0 Å². The Kier molecular flexibility index (Phi) is 96.0. The molecule has 0 bridgehead atoms. The van der Waals surface area contributed by atoms with Crippen LogP contribution in [0.25, 0.3) is 0 Å². The van der Waals surface area contributed by atoms with Gasteiger partial charge in [0.25, 0.3) is 0 Å². The van der Waals surface area contributed by atoms with Gasteiger partial charge in [-0.3, -0.25) is 0 Å². The summed E-state index contributed by atoms with van der Waals surface area (Å²) in [7, 11) is 0. The van der Waals surface area contributed by atoms with Crippen LogP contribution in [0, 0.1) is 11.8 Å². The first-order chi connectivity index (χ1) is 50.3. The lowest BCUT2D eigenvalue weighted by Gasteiger charge is -2.17. The molecular weight excluding hydrogens is 1220 g/mol. The molecule has 0 fully saturated rings. The molecule has 0 aromatic carbocycles. The van der Waals surface area contributed by atoms with Gasteiger partial charge in [-0.1, -0.05) is 606 Å². The molecule has 0 aromatic rings. The normalized spacial score (nSPS) is 11.9. The third-order valence-corrected chi connectivity index (χ3v) is 24.7. The second-order valence-corrected chi connectivity index (χ2v) is 35.1. The zero-order chi connectivity index (χ0) is 72.3. The van der Waals surface area contributed by atoms with Crippen LogP contribution in [-0.2, 0) is 4.74 Å². The second-order valence-electron chi connectivity index (χ2n) is 35.1. The first kappa shape index (κ1) is 101. The maximum Gasteiger partial charge on any atom is 0.0466 e. The van der Waals surface area contributed by atoms with Crippen molar-refractivity contribution in [2.75, 3.05) is 13.2 Å². The predicted octanol–water partition coefficient (Wildman–Crippen LogP) is 38.2. The molecule has 0 rings (SSSR count). The molecule has 0 aliphatic rings. The highest BCUT2D eigenvalue weighted by Gasteiger charge is 2.12. The summed E-state index contributed by atoms with van der Waals surface area (Å²) in [5, 5.41) is 0. The predicted molar refractivity (Wildman–Crippen MR) is 465 cm³/mol. The molecule has 0 amide bonds. The fourth-order valence-electron chi connectivity index (χ4n) is 17.3. The summed E-state index contributed by atoms with van der Waals surface area (Å²) in [6, 6.07) is 0. The van der Waals surface area contributed by atoms with Gasteiger partial charge in [0.05, 0.1) is 0 Å². The van der Waals surface area contributed by atoms with Crippen molar-refractivity contribution in [3.63, 3.8) is 0 Å². The maximum atomic E-state index is 6.06. The van der Waals surface area contributed by atoms with E-state index in [0.717, 1.165) is 25.0 Å². The molecule has 0 radical (unpaired) electrons. The summed E-state index contributed by atoms with van der Waals surface area (Å²) < 4.78 is 6.06. The molecular formula is C100H202O. The summed E-state index contributed by atoms with van der Waals surface area (Å²) in [5.41, 5.74) is 0. The van der Waals surface area contributed by atoms with E-state index in [-0.39, 0.29) is 0 Å². The zero-order valence-corrected chi connectivity index (χ0v) is 72.0. The van der Waals surface area contributed by atoms with Crippen molar-refractivity contribution in [1.29, 1.82) is 0 Å². The smallest absolute Gasteiger partial charge is 0.0466 e. The summed E-state index contributed by atoms with van der Waals surface area (Å²) in [4.78, 5) is 0. The van der Waals surface area contributed by atoms with Gasteiger partial charge in [0.1, 0.15) is 0 Å². The van der Waals surface area contributed by atoms with Gasteiger partial charge in [-0.05, 0) is 24.7 Å². The molecule has 101 heavy (non-hydrogen) atoms. The molecule has 1 nitrogen and oxygen atoms in total. The van der Waals surface area contributed by atoms with Gasteiger partial charge in [0.15, 0.2) is 0 Å². The van der Waals surface area contributed by atoms with Gasteiger partial charge in [-0.25, -0.2) is 0 Å². The van der Waals surface area contributed by atoms with Crippen LogP contribution < -0.4 is 0 Å². The topological polar surface area (TPSA) is 9.23 Å². The first-order valence-electron chi connectivity index (χ1n) is 49.9. The molecule has 0 aliphatic carbocycles. The Morgan fingerprint density at radius 1 is 0.109 bits per heavy atom. The highest BCUT2D eigenvalue weighted by atomic mass is 16.5. The number of unbranched alkanes of at least 4 members (excludes halogenated alkanes) is 80. The van der Waals surface area contributed by atoms with Gasteiger partial charge in [0, 0.05) is 13.2 Å². The molecule has 0 atom stereocenters. The minimum absolute atomic E-state index is 0.999. The van der Waals surface area contributed by atoms with Crippen molar-refractivity contribution >= 4 is 0 Å². The van der Waals surface area contributed by atoms with Crippen LogP contribution in [0.4, 0.5) is 0 Å². The highest BCUT2D eigenvalue weighted by molar-refractivity contribution is 4.66. The van der Waals surface area contributed by atoms with E-state index < -0.39 is 0 Å². The summed E-state index contributed by atoms with van der Waals surface area (Å²) >= 11 is 0. The Hall–Kier alpha value is -0.0400. The largest absolute Gasteiger partial charge is 0.381 e. The molecule has 1 heteroatoms. The van der Waals surface area contributed by atoms with Crippen LogP contribution in [0.2, 0.25) is 0 Å². The van der Waals surface area contributed by atoms with E-state index in [1.807, 2.05) is 0 Å². The Morgan fingerprint density at radius 3 is 0.307 bits per heavy atom. The lowest BCUT2D eigenvalue weighted by Crippen LogP contribution is -2.01. The van der Waals surface area contributed by atoms with Gasteiger partial charge in [0.2, 0.25) is 0 Å². The lowest BCUT2D eigenvalue weighted by molar-refractivity contribution is 0.125. The van der Waals surface area contributed by atoms with Crippen molar-refractivity contribution in [3.05, 3.63) is 0 Å². The maximum absolute atomic E-state index is 6.06. The monoisotopic (exact) mass is 1420 g/mol. The van der Waals surface area contributed by atoms with Crippen molar-refractivity contribution in [3.8, 4) is 0 Å². The first-order valence-corrected chi connectivity index (χ1v) is 49.9. The van der Waals surface area contributed by atoms with Crippen LogP contribution in [-0.4, -0.2) is 13.2 Å². The van der Waals surface area contributed by atoms with Crippen LogP contribution in [0.1, 0.15) is 618 Å². The fourth-order valence-corrected chi connectivity index (χ4v) is 17.3. The quantitative estimate of drug-likeness (QED) is 0.0552. The van der Waals surface area contributed by atoms with Gasteiger partial charge < -0.3 is 4.74 Å². The van der Waals surface area contributed by atoms with E-state index in [4.69, 9.17) is 4.74 Å². The number of hydrogen-bond donors (Lipinski definition) is 0. The highest BCUT2D eigenvalue weighted by Crippen LogP contribution is 2.29. The van der Waals surface area contributed by atoms with Crippen LogP contribution in [0.15, 0.2) is 0 Å². The SMILES string of the molecule is CCCCCCCCCCCCCCCCC(CCCCCCCCCCCCCCCC)CCCCCCCCCCCCCCCCCOCCCCCCCCCCCCCCCCCC(CCCCCCCCCCCCCCCC)CCCCCCCCCCCCCCCC. The second kappa shape index (κ2) is 96.0. The summed E-state index contributed by atoms with van der Waals surface area (Å²) in [6.45, 7) is 11.3. The van der Waals surface area contributed by atoms with Gasteiger partial charge >= 0.3 is 0 Å². The average molecular weight is 1420 g/mol. The van der Waals surface area contributed by atoms with Gasteiger partial charge in [-0.2, -0.15) is 0 Å². The van der Waals surface area contributed by atoms with Crippen LogP contribution >= 0.6 is 0 Å². The Bertz CT molecular complexity index is 1190. The molecule has 0 saturated carbocycles. The molecule has 0 unspecified atom stereocenters. The van der Waals surface area contributed by atoms with Crippen molar-refractivity contribution in [2.45, 2.75) is 618 Å². The number of ether oxygens (including phenoxy) is 1. The molecule has 608 valence electrons. The summed E-state index contributed by atoms with van der Waals surface area (Å²) in [6.07, 6.45) is 136. The van der Waals surface area contributed by atoms with Gasteiger partial charge in [-0.15, -0.1) is 0 Å². The Balaban J connectivity index is 3.86. The lowest BCUT2D eigenvalue weighted by atomic mass is 9.89. The summed E-state index contributed by atoms with van der Waals surface area (Å²) in [5.74, 6) is 2.04.